The SMILES string of the molecule is Cl.OC(=S)Cc1ccncc1. The molecule has 0 saturated heterocycles. The van der Waals surface area contributed by atoms with Crippen LogP contribution >= 0.6 is 24.6 Å². The average Bonchev–Trinajstić information content (AvgIpc) is 1.88. The first kappa shape index (κ1) is 10.3. The van der Waals surface area contributed by atoms with Crippen LogP contribution in [0.1, 0.15) is 5.56 Å². The Kier molecular flexibility index (Phi) is 4.74. The van der Waals surface area contributed by atoms with Crippen molar-refractivity contribution in [2.45, 2.75) is 6.42 Å². The molecule has 0 spiro atoms. The first-order valence-electron chi connectivity index (χ1n) is 2.90. The van der Waals surface area contributed by atoms with E-state index in [9.17, 15) is 0 Å². The fourth-order valence-corrected chi connectivity index (χ4v) is 0.842. The molecule has 1 heterocycles. The highest BCUT2D eigenvalue weighted by molar-refractivity contribution is 7.80. The summed E-state index contributed by atoms with van der Waals surface area (Å²) >= 11 is 4.51. The van der Waals surface area contributed by atoms with E-state index in [0.717, 1.165) is 5.56 Å². The Balaban J connectivity index is 0.000001000. The minimum atomic E-state index is 0. The summed E-state index contributed by atoms with van der Waals surface area (Å²) in [7, 11) is 0. The molecule has 11 heavy (non-hydrogen) atoms. The number of pyridine rings is 1. The van der Waals surface area contributed by atoms with Gasteiger partial charge in [-0.15, -0.1) is 12.4 Å². The maximum atomic E-state index is 8.72. The third-order valence-corrected chi connectivity index (χ3v) is 1.25. The molecule has 1 aromatic heterocycles. The molecule has 0 saturated carbocycles. The summed E-state index contributed by atoms with van der Waals surface area (Å²) < 4.78 is 0. The van der Waals surface area contributed by atoms with E-state index in [4.69, 9.17) is 5.11 Å². The number of aliphatic hydroxyl groups is 1. The molecule has 0 aromatic carbocycles. The Hall–Kier alpha value is -0.670. The summed E-state index contributed by atoms with van der Waals surface area (Å²) in [5, 5.41) is 8.74. The topological polar surface area (TPSA) is 33.1 Å². The first-order chi connectivity index (χ1) is 4.79. The quantitative estimate of drug-likeness (QED) is 0.722. The molecule has 60 valence electrons. The second-order valence-electron chi connectivity index (χ2n) is 1.93. The van der Waals surface area contributed by atoms with Crippen molar-refractivity contribution in [2.75, 3.05) is 0 Å². The smallest absolute Gasteiger partial charge is 0.160 e. The standard InChI is InChI=1S/C7H7NOS.ClH/c9-7(10)5-6-1-3-8-4-2-6;/h1-4H,5H2,(H,9,10);1H. The Morgan fingerprint density at radius 1 is 1.45 bits per heavy atom. The van der Waals surface area contributed by atoms with Gasteiger partial charge in [0.25, 0.3) is 0 Å². The second-order valence-corrected chi connectivity index (χ2v) is 2.40. The predicted octanol–water partition coefficient (Wildman–Crippen LogP) is 1.93. The summed E-state index contributed by atoms with van der Waals surface area (Å²) in [5.41, 5.74) is 0.988. The van der Waals surface area contributed by atoms with E-state index >= 15 is 0 Å². The molecule has 0 bridgehead atoms. The Morgan fingerprint density at radius 2 is 2.00 bits per heavy atom. The molecule has 0 radical (unpaired) electrons. The highest BCUT2D eigenvalue weighted by atomic mass is 35.5. The highest BCUT2D eigenvalue weighted by Crippen LogP contribution is 1.97. The van der Waals surface area contributed by atoms with Crippen molar-refractivity contribution < 1.29 is 5.11 Å². The normalized spacial score (nSPS) is 8.36. The number of halogens is 1. The summed E-state index contributed by atoms with van der Waals surface area (Å²) in [6, 6.07) is 3.64. The zero-order valence-electron chi connectivity index (χ0n) is 5.73. The average molecular weight is 190 g/mol. The van der Waals surface area contributed by atoms with E-state index in [1.807, 2.05) is 12.1 Å². The molecule has 0 unspecified atom stereocenters. The van der Waals surface area contributed by atoms with Crippen LogP contribution in [0.3, 0.4) is 0 Å². The largest absolute Gasteiger partial charge is 0.502 e. The van der Waals surface area contributed by atoms with Gasteiger partial charge >= 0.3 is 0 Å². The zero-order valence-corrected chi connectivity index (χ0v) is 7.36. The van der Waals surface area contributed by atoms with Crippen molar-refractivity contribution in [1.82, 2.24) is 4.98 Å². The van der Waals surface area contributed by atoms with Crippen molar-refractivity contribution in [2.24, 2.45) is 0 Å². The van der Waals surface area contributed by atoms with Crippen LogP contribution in [0.2, 0.25) is 0 Å². The van der Waals surface area contributed by atoms with Crippen LogP contribution in [0.4, 0.5) is 0 Å². The Labute approximate surface area is 76.7 Å². The van der Waals surface area contributed by atoms with E-state index in [2.05, 4.69) is 17.2 Å². The highest BCUT2D eigenvalue weighted by Gasteiger charge is 1.93. The lowest BCUT2D eigenvalue weighted by Crippen LogP contribution is -1.96. The molecule has 0 aliphatic rings. The molecule has 2 nitrogen and oxygen atoms in total. The minimum Gasteiger partial charge on any atom is -0.502 e. The van der Waals surface area contributed by atoms with Gasteiger partial charge in [0.15, 0.2) is 5.05 Å². The van der Waals surface area contributed by atoms with Gasteiger partial charge in [-0.25, -0.2) is 0 Å². The monoisotopic (exact) mass is 189 g/mol. The number of aromatic nitrogens is 1. The summed E-state index contributed by atoms with van der Waals surface area (Å²) in [5.74, 6) is 0. The maximum absolute atomic E-state index is 8.72. The van der Waals surface area contributed by atoms with Crippen LogP contribution in [0, 0.1) is 0 Å². The minimum absolute atomic E-state index is 0. The van der Waals surface area contributed by atoms with Crippen molar-refractivity contribution in [3.05, 3.63) is 30.1 Å². The molecule has 1 N–H and O–H groups in total. The van der Waals surface area contributed by atoms with Crippen molar-refractivity contribution in [1.29, 1.82) is 0 Å². The lowest BCUT2D eigenvalue weighted by molar-refractivity contribution is 0.555. The van der Waals surface area contributed by atoms with Crippen LogP contribution in [0.25, 0.3) is 0 Å². The van der Waals surface area contributed by atoms with Crippen molar-refractivity contribution in [3.63, 3.8) is 0 Å². The van der Waals surface area contributed by atoms with Gasteiger partial charge in [0.05, 0.1) is 0 Å². The van der Waals surface area contributed by atoms with Gasteiger partial charge in [0.1, 0.15) is 0 Å². The number of hydrogen-bond donors (Lipinski definition) is 1. The third-order valence-electron chi connectivity index (χ3n) is 1.10. The van der Waals surface area contributed by atoms with E-state index in [1.54, 1.807) is 12.4 Å². The van der Waals surface area contributed by atoms with Crippen molar-refractivity contribution >= 4 is 29.7 Å². The van der Waals surface area contributed by atoms with E-state index in [1.165, 1.54) is 0 Å². The maximum Gasteiger partial charge on any atom is 0.160 e. The molecule has 0 amide bonds. The van der Waals surface area contributed by atoms with Gasteiger partial charge in [0.2, 0.25) is 0 Å². The molecule has 0 aliphatic carbocycles. The first-order valence-corrected chi connectivity index (χ1v) is 3.30. The van der Waals surface area contributed by atoms with Gasteiger partial charge in [-0.1, -0.05) is 0 Å². The summed E-state index contributed by atoms with van der Waals surface area (Å²) in [4.78, 5) is 3.83. The molecule has 1 aromatic rings. The number of nitrogens with zero attached hydrogens (tertiary/aromatic N) is 1. The number of aliphatic hydroxyl groups excluding tert-OH is 1. The van der Waals surface area contributed by atoms with Crippen LogP contribution in [-0.2, 0) is 6.42 Å². The third kappa shape index (κ3) is 3.91. The van der Waals surface area contributed by atoms with Gasteiger partial charge in [-0.2, -0.15) is 0 Å². The molecular weight excluding hydrogens is 182 g/mol. The van der Waals surface area contributed by atoms with Crippen LogP contribution in [0.15, 0.2) is 24.5 Å². The van der Waals surface area contributed by atoms with Crippen LogP contribution in [-0.4, -0.2) is 15.1 Å². The fraction of sp³-hybridized carbons (Fsp3) is 0.143. The Bertz CT molecular complexity index is 227. The molecule has 0 atom stereocenters. The molecule has 0 fully saturated rings. The lowest BCUT2D eigenvalue weighted by atomic mass is 10.2. The van der Waals surface area contributed by atoms with Gasteiger partial charge in [0, 0.05) is 18.8 Å². The lowest BCUT2D eigenvalue weighted by Gasteiger charge is -1.94. The van der Waals surface area contributed by atoms with Gasteiger partial charge < -0.3 is 5.11 Å². The predicted molar refractivity (Wildman–Crippen MR) is 50.4 cm³/mol. The Morgan fingerprint density at radius 3 is 2.45 bits per heavy atom. The van der Waals surface area contributed by atoms with Gasteiger partial charge in [-0.3, -0.25) is 4.98 Å². The van der Waals surface area contributed by atoms with Crippen LogP contribution in [0.5, 0.6) is 0 Å². The number of thiocarbonyl (C=S) groups is 1. The van der Waals surface area contributed by atoms with Crippen molar-refractivity contribution in [3.8, 4) is 0 Å². The van der Waals surface area contributed by atoms with E-state index in [-0.39, 0.29) is 17.5 Å². The van der Waals surface area contributed by atoms with Gasteiger partial charge in [-0.05, 0) is 29.9 Å². The van der Waals surface area contributed by atoms with E-state index in [0.29, 0.717) is 6.42 Å². The second kappa shape index (κ2) is 5.04. The zero-order chi connectivity index (χ0) is 7.40. The number of hydrogen-bond acceptors (Lipinski definition) is 2. The number of rotatable bonds is 2. The molecule has 0 aliphatic heterocycles. The van der Waals surface area contributed by atoms with E-state index < -0.39 is 0 Å². The summed E-state index contributed by atoms with van der Waals surface area (Å²) in [6.07, 6.45) is 3.79. The molecule has 1 rings (SSSR count). The molecular formula is C7H8ClNOS. The van der Waals surface area contributed by atoms with Crippen LogP contribution < -0.4 is 0 Å². The summed E-state index contributed by atoms with van der Waals surface area (Å²) in [6.45, 7) is 0. The fourth-order valence-electron chi connectivity index (χ4n) is 0.675. The molecule has 4 heteroatoms.